The van der Waals surface area contributed by atoms with Crippen molar-refractivity contribution in [1.29, 1.82) is 0 Å². The first-order valence-electron chi connectivity index (χ1n) is 8.90. The molecule has 1 fully saturated rings. The summed E-state index contributed by atoms with van der Waals surface area (Å²) < 4.78 is 0. The highest BCUT2D eigenvalue weighted by Crippen LogP contribution is 2.26. The number of hydrogen-bond acceptors (Lipinski definition) is 4. The highest BCUT2D eigenvalue weighted by atomic mass is 35.5. The van der Waals surface area contributed by atoms with Gasteiger partial charge in [0.2, 0.25) is 5.91 Å². The molecule has 0 bridgehead atoms. The number of carboxylic acids is 1. The molecule has 0 radical (unpaired) electrons. The van der Waals surface area contributed by atoms with Gasteiger partial charge in [0, 0.05) is 49.0 Å². The number of piperazine rings is 1. The van der Waals surface area contributed by atoms with Gasteiger partial charge in [-0.1, -0.05) is 24.6 Å². The molecule has 0 unspecified atom stereocenters. The smallest absolute Gasteiger partial charge is 0.337 e. The first kappa shape index (κ1) is 19.0. The Morgan fingerprint density at radius 2 is 1.67 bits per heavy atom. The average Bonchev–Trinajstić information content (AvgIpc) is 2.68. The van der Waals surface area contributed by atoms with Gasteiger partial charge in [0.05, 0.1) is 11.3 Å². The van der Waals surface area contributed by atoms with Crippen molar-refractivity contribution in [3.05, 3.63) is 53.1 Å². The van der Waals surface area contributed by atoms with E-state index in [1.165, 1.54) is 0 Å². The summed E-state index contributed by atoms with van der Waals surface area (Å²) in [5.41, 5.74) is 2.36. The number of rotatable bonds is 5. The lowest BCUT2D eigenvalue weighted by Crippen LogP contribution is -2.46. The van der Waals surface area contributed by atoms with Crippen molar-refractivity contribution in [3.8, 4) is 0 Å². The quantitative estimate of drug-likeness (QED) is 0.818. The number of carbonyl (C=O) groups is 2. The second-order valence-electron chi connectivity index (χ2n) is 6.39. The van der Waals surface area contributed by atoms with E-state index in [9.17, 15) is 14.7 Å². The monoisotopic (exact) mass is 387 g/mol. The number of anilines is 3. The minimum Gasteiger partial charge on any atom is -0.478 e. The number of nitrogens with one attached hydrogen (secondary N) is 1. The first-order chi connectivity index (χ1) is 13.0. The third-order valence-corrected chi connectivity index (χ3v) is 4.88. The number of benzene rings is 2. The SMILES string of the molecule is CCC(=O)Nc1ccc(N2CCN(c3cccc(Cl)c3)CC2)cc1C(=O)O. The Morgan fingerprint density at radius 3 is 2.22 bits per heavy atom. The molecule has 2 N–H and O–H groups in total. The Hall–Kier alpha value is -2.73. The van der Waals surface area contributed by atoms with Gasteiger partial charge >= 0.3 is 5.97 Å². The molecular formula is C20H22ClN3O3. The van der Waals surface area contributed by atoms with Crippen LogP contribution in [-0.2, 0) is 4.79 Å². The van der Waals surface area contributed by atoms with Gasteiger partial charge in [-0.05, 0) is 36.4 Å². The van der Waals surface area contributed by atoms with Crippen LogP contribution in [0.3, 0.4) is 0 Å². The molecule has 0 saturated carbocycles. The van der Waals surface area contributed by atoms with E-state index in [0.717, 1.165) is 37.6 Å². The zero-order valence-corrected chi connectivity index (χ0v) is 15.9. The Balaban J connectivity index is 1.73. The van der Waals surface area contributed by atoms with Gasteiger partial charge in [-0.15, -0.1) is 0 Å². The van der Waals surface area contributed by atoms with Crippen LogP contribution in [0.1, 0.15) is 23.7 Å². The van der Waals surface area contributed by atoms with Crippen molar-refractivity contribution in [2.24, 2.45) is 0 Å². The molecule has 1 saturated heterocycles. The highest BCUT2D eigenvalue weighted by Gasteiger charge is 2.20. The number of carboxylic acid groups (broad SMARTS) is 1. The number of hydrogen-bond donors (Lipinski definition) is 2. The molecule has 1 heterocycles. The van der Waals surface area contributed by atoms with Crippen molar-refractivity contribution in [2.45, 2.75) is 13.3 Å². The summed E-state index contributed by atoms with van der Waals surface area (Å²) in [6.07, 6.45) is 0.298. The van der Waals surface area contributed by atoms with Crippen LogP contribution in [0, 0.1) is 0 Å². The normalized spacial score (nSPS) is 14.1. The van der Waals surface area contributed by atoms with Gasteiger partial charge in [-0.3, -0.25) is 4.79 Å². The van der Waals surface area contributed by atoms with Crippen LogP contribution in [-0.4, -0.2) is 43.2 Å². The molecule has 0 aliphatic carbocycles. The van der Waals surface area contributed by atoms with Crippen molar-refractivity contribution < 1.29 is 14.7 Å². The van der Waals surface area contributed by atoms with Gasteiger partial charge in [-0.2, -0.15) is 0 Å². The summed E-state index contributed by atoms with van der Waals surface area (Å²) in [5, 5.41) is 12.9. The number of aromatic carboxylic acids is 1. The Kier molecular flexibility index (Phi) is 5.86. The lowest BCUT2D eigenvalue weighted by Gasteiger charge is -2.37. The molecule has 1 aliphatic rings. The van der Waals surface area contributed by atoms with Crippen molar-refractivity contribution in [3.63, 3.8) is 0 Å². The van der Waals surface area contributed by atoms with E-state index in [1.54, 1.807) is 19.1 Å². The summed E-state index contributed by atoms with van der Waals surface area (Å²) in [6, 6.07) is 12.9. The van der Waals surface area contributed by atoms with Crippen LogP contribution in [0.4, 0.5) is 17.1 Å². The van der Waals surface area contributed by atoms with Crippen LogP contribution >= 0.6 is 11.6 Å². The molecular weight excluding hydrogens is 366 g/mol. The molecule has 7 heteroatoms. The van der Waals surface area contributed by atoms with Crippen LogP contribution in [0.5, 0.6) is 0 Å². The molecule has 1 amide bonds. The molecule has 3 rings (SSSR count). The van der Waals surface area contributed by atoms with Crippen LogP contribution in [0.15, 0.2) is 42.5 Å². The van der Waals surface area contributed by atoms with E-state index in [1.807, 2.05) is 30.3 Å². The van der Waals surface area contributed by atoms with Crippen LogP contribution < -0.4 is 15.1 Å². The van der Waals surface area contributed by atoms with Gasteiger partial charge < -0.3 is 20.2 Å². The molecule has 6 nitrogen and oxygen atoms in total. The summed E-state index contributed by atoms with van der Waals surface area (Å²) in [4.78, 5) is 27.6. The fourth-order valence-electron chi connectivity index (χ4n) is 3.15. The Morgan fingerprint density at radius 1 is 1.04 bits per heavy atom. The second kappa shape index (κ2) is 8.31. The molecule has 142 valence electrons. The summed E-state index contributed by atoms with van der Waals surface area (Å²) in [7, 11) is 0. The molecule has 2 aromatic rings. The predicted molar refractivity (Wildman–Crippen MR) is 108 cm³/mol. The third-order valence-electron chi connectivity index (χ3n) is 4.65. The maximum absolute atomic E-state index is 11.6. The lowest BCUT2D eigenvalue weighted by atomic mass is 10.1. The van der Waals surface area contributed by atoms with E-state index in [4.69, 9.17) is 11.6 Å². The highest BCUT2D eigenvalue weighted by molar-refractivity contribution is 6.30. The number of nitrogens with zero attached hydrogens (tertiary/aromatic N) is 2. The number of halogens is 1. The molecule has 0 spiro atoms. The van der Waals surface area contributed by atoms with Gasteiger partial charge in [-0.25, -0.2) is 4.79 Å². The van der Waals surface area contributed by atoms with E-state index in [0.29, 0.717) is 17.1 Å². The number of amides is 1. The van der Waals surface area contributed by atoms with E-state index in [2.05, 4.69) is 15.1 Å². The zero-order chi connectivity index (χ0) is 19.4. The minimum absolute atomic E-state index is 0.103. The average molecular weight is 388 g/mol. The summed E-state index contributed by atoms with van der Waals surface area (Å²) >= 11 is 6.07. The first-order valence-corrected chi connectivity index (χ1v) is 9.28. The van der Waals surface area contributed by atoms with E-state index < -0.39 is 5.97 Å². The van der Waals surface area contributed by atoms with E-state index in [-0.39, 0.29) is 11.5 Å². The fourth-order valence-corrected chi connectivity index (χ4v) is 3.33. The second-order valence-corrected chi connectivity index (χ2v) is 6.83. The summed E-state index contributed by atoms with van der Waals surface area (Å²) in [5.74, 6) is -1.26. The van der Waals surface area contributed by atoms with Gasteiger partial charge in [0.1, 0.15) is 0 Å². The maximum Gasteiger partial charge on any atom is 0.337 e. The Labute approximate surface area is 163 Å². The maximum atomic E-state index is 11.6. The van der Waals surface area contributed by atoms with Crippen LogP contribution in [0.2, 0.25) is 5.02 Å². The molecule has 0 atom stereocenters. The topological polar surface area (TPSA) is 72.9 Å². The molecule has 0 aromatic heterocycles. The summed E-state index contributed by atoms with van der Waals surface area (Å²) in [6.45, 7) is 4.90. The van der Waals surface area contributed by atoms with Crippen molar-refractivity contribution in [1.82, 2.24) is 0 Å². The fraction of sp³-hybridized carbons (Fsp3) is 0.300. The Bertz CT molecular complexity index is 848. The number of carbonyl (C=O) groups excluding carboxylic acids is 1. The standard InChI is InChI=1S/C20H22ClN3O3/c1-2-19(25)22-18-7-6-16(13-17(18)20(26)27)24-10-8-23(9-11-24)15-5-3-4-14(21)12-15/h3-7,12-13H,2,8-11H2,1H3,(H,22,25)(H,26,27). The predicted octanol–water partition coefficient (Wildman–Crippen LogP) is 3.71. The van der Waals surface area contributed by atoms with Crippen LogP contribution in [0.25, 0.3) is 0 Å². The van der Waals surface area contributed by atoms with Gasteiger partial charge in [0.25, 0.3) is 0 Å². The third kappa shape index (κ3) is 4.52. The van der Waals surface area contributed by atoms with Crippen molar-refractivity contribution >= 4 is 40.5 Å². The molecule has 27 heavy (non-hydrogen) atoms. The molecule has 1 aliphatic heterocycles. The zero-order valence-electron chi connectivity index (χ0n) is 15.1. The van der Waals surface area contributed by atoms with Crippen molar-refractivity contribution in [2.75, 3.05) is 41.3 Å². The largest absolute Gasteiger partial charge is 0.478 e. The molecule has 2 aromatic carbocycles. The minimum atomic E-state index is -1.05. The van der Waals surface area contributed by atoms with E-state index >= 15 is 0 Å². The van der Waals surface area contributed by atoms with Gasteiger partial charge in [0.15, 0.2) is 0 Å². The lowest BCUT2D eigenvalue weighted by molar-refractivity contribution is -0.115.